The summed E-state index contributed by atoms with van der Waals surface area (Å²) in [6.07, 6.45) is 1.10. The first kappa shape index (κ1) is 20.3. The average molecular weight is 407 g/mol. The number of hydrogen-bond donors (Lipinski definition) is 0. The zero-order valence-corrected chi connectivity index (χ0v) is 17.3. The van der Waals surface area contributed by atoms with Crippen molar-refractivity contribution in [2.24, 2.45) is 0 Å². The van der Waals surface area contributed by atoms with Crippen molar-refractivity contribution < 1.29 is 22.6 Å². The number of nitrogens with zero attached hydrogens (tertiary/aromatic N) is 3. The highest BCUT2D eigenvalue weighted by Crippen LogP contribution is 2.32. The molecule has 2 heterocycles. The number of rotatable bonds is 6. The van der Waals surface area contributed by atoms with Gasteiger partial charge in [0.25, 0.3) is 0 Å². The molecule has 8 nitrogen and oxygen atoms in total. The molecule has 9 heteroatoms. The van der Waals surface area contributed by atoms with Gasteiger partial charge in [-0.3, -0.25) is 0 Å². The molecule has 1 aliphatic rings. The smallest absolute Gasteiger partial charge is 0.317 e. The second-order valence-corrected chi connectivity index (χ2v) is 8.60. The topological polar surface area (TPSA) is 90.9 Å². The minimum atomic E-state index is -3.77. The summed E-state index contributed by atoms with van der Waals surface area (Å²) in [7, 11) is -0.834. The lowest BCUT2D eigenvalue weighted by atomic mass is 10.1. The van der Waals surface area contributed by atoms with E-state index < -0.39 is 10.0 Å². The summed E-state index contributed by atoms with van der Waals surface area (Å²) in [5.74, 6) is 0.731. The third kappa shape index (κ3) is 4.36. The van der Waals surface area contributed by atoms with Crippen LogP contribution in [0, 0.1) is 13.8 Å². The van der Waals surface area contributed by atoms with E-state index in [9.17, 15) is 8.42 Å². The first-order valence-electron chi connectivity index (χ1n) is 9.04. The van der Waals surface area contributed by atoms with E-state index in [1.807, 2.05) is 19.9 Å². The molecule has 152 valence electrons. The fourth-order valence-electron chi connectivity index (χ4n) is 3.24. The van der Waals surface area contributed by atoms with Crippen LogP contribution in [0.5, 0.6) is 17.5 Å². The summed E-state index contributed by atoms with van der Waals surface area (Å²) in [4.78, 5) is 8.65. The molecular formula is C19H25N3O5S. The number of methoxy groups -OCH3 is 2. The Balaban J connectivity index is 1.83. The maximum absolute atomic E-state index is 13.2. The van der Waals surface area contributed by atoms with Crippen LogP contribution in [0.15, 0.2) is 29.2 Å². The predicted octanol–water partition coefficient (Wildman–Crippen LogP) is 2.34. The number of aryl methyl sites for hydroxylation is 2. The Morgan fingerprint density at radius 1 is 1.07 bits per heavy atom. The Morgan fingerprint density at radius 3 is 2.43 bits per heavy atom. The molecule has 2 aromatic rings. The van der Waals surface area contributed by atoms with Crippen LogP contribution in [-0.2, 0) is 10.0 Å². The van der Waals surface area contributed by atoms with Gasteiger partial charge in [-0.1, -0.05) is 0 Å². The highest BCUT2D eigenvalue weighted by atomic mass is 32.2. The van der Waals surface area contributed by atoms with Crippen molar-refractivity contribution in [3.63, 3.8) is 0 Å². The number of piperidine rings is 1. The minimum Gasteiger partial charge on any atom is -0.497 e. The van der Waals surface area contributed by atoms with Gasteiger partial charge in [-0.15, -0.1) is 0 Å². The quantitative estimate of drug-likeness (QED) is 0.726. The van der Waals surface area contributed by atoms with E-state index in [0.717, 1.165) is 17.8 Å². The lowest BCUT2D eigenvalue weighted by Crippen LogP contribution is -2.44. The molecule has 1 aromatic heterocycles. The molecule has 0 aliphatic carbocycles. The Kier molecular flexibility index (Phi) is 6.04. The van der Waals surface area contributed by atoms with Gasteiger partial charge < -0.3 is 14.2 Å². The molecule has 0 N–H and O–H groups in total. The summed E-state index contributed by atoms with van der Waals surface area (Å²) in [5.41, 5.74) is 1.62. The maximum atomic E-state index is 13.2. The van der Waals surface area contributed by atoms with Crippen molar-refractivity contribution in [1.29, 1.82) is 0 Å². The molecule has 1 aromatic carbocycles. The zero-order chi connectivity index (χ0) is 20.3. The molecule has 0 radical (unpaired) electrons. The van der Waals surface area contributed by atoms with Crippen LogP contribution in [0.4, 0.5) is 0 Å². The number of hydrogen-bond acceptors (Lipinski definition) is 7. The highest BCUT2D eigenvalue weighted by Gasteiger charge is 2.33. The summed E-state index contributed by atoms with van der Waals surface area (Å²) in [5, 5.41) is 0. The van der Waals surface area contributed by atoms with Crippen molar-refractivity contribution in [2.45, 2.75) is 37.7 Å². The third-order valence-corrected chi connectivity index (χ3v) is 6.45. The average Bonchev–Trinajstić information content (AvgIpc) is 2.66. The molecule has 1 atom stereocenters. The molecule has 3 rings (SSSR count). The molecule has 1 unspecified atom stereocenters. The number of benzene rings is 1. The number of sulfonamides is 1. The fourth-order valence-corrected chi connectivity index (χ4v) is 4.92. The standard InChI is InChI=1S/C19H25N3O5S/c1-13-10-14(2)21-19(20-13)27-16-6-5-9-22(12-16)28(23,24)18-11-15(25-3)7-8-17(18)26-4/h7-8,10-11,16H,5-6,9,12H2,1-4H3. The van der Waals surface area contributed by atoms with Gasteiger partial charge in [0.05, 0.1) is 20.8 Å². The second-order valence-electron chi connectivity index (χ2n) is 6.70. The first-order chi connectivity index (χ1) is 13.3. The van der Waals surface area contributed by atoms with E-state index in [1.165, 1.54) is 24.6 Å². The summed E-state index contributed by atoms with van der Waals surface area (Å²) < 4.78 is 44.2. The van der Waals surface area contributed by atoms with Crippen LogP contribution in [0.1, 0.15) is 24.2 Å². The van der Waals surface area contributed by atoms with Crippen molar-refractivity contribution in [3.8, 4) is 17.5 Å². The van der Waals surface area contributed by atoms with Crippen molar-refractivity contribution >= 4 is 10.0 Å². The Labute approximate surface area is 165 Å². The van der Waals surface area contributed by atoms with E-state index in [1.54, 1.807) is 12.1 Å². The monoisotopic (exact) mass is 407 g/mol. The molecule has 0 bridgehead atoms. The molecule has 0 saturated carbocycles. The lowest BCUT2D eigenvalue weighted by Gasteiger charge is -2.32. The summed E-state index contributed by atoms with van der Waals surface area (Å²) in [6.45, 7) is 4.37. The van der Waals surface area contributed by atoms with Gasteiger partial charge >= 0.3 is 6.01 Å². The van der Waals surface area contributed by atoms with Crippen LogP contribution >= 0.6 is 0 Å². The van der Waals surface area contributed by atoms with Gasteiger partial charge in [-0.2, -0.15) is 4.31 Å². The van der Waals surface area contributed by atoms with Crippen LogP contribution < -0.4 is 14.2 Å². The molecule has 1 saturated heterocycles. The van der Waals surface area contributed by atoms with Gasteiger partial charge in [0, 0.05) is 24.0 Å². The molecule has 28 heavy (non-hydrogen) atoms. The third-order valence-electron chi connectivity index (χ3n) is 4.56. The predicted molar refractivity (Wildman–Crippen MR) is 103 cm³/mol. The van der Waals surface area contributed by atoms with Crippen LogP contribution in [-0.4, -0.2) is 56.1 Å². The van der Waals surface area contributed by atoms with Crippen molar-refractivity contribution in [2.75, 3.05) is 27.3 Å². The van der Waals surface area contributed by atoms with E-state index in [2.05, 4.69) is 9.97 Å². The van der Waals surface area contributed by atoms with Gasteiger partial charge in [-0.05, 0) is 44.9 Å². The van der Waals surface area contributed by atoms with E-state index >= 15 is 0 Å². The van der Waals surface area contributed by atoms with E-state index in [4.69, 9.17) is 14.2 Å². The number of ether oxygens (including phenoxy) is 3. The van der Waals surface area contributed by atoms with Crippen LogP contribution in [0.2, 0.25) is 0 Å². The van der Waals surface area contributed by atoms with Crippen molar-refractivity contribution in [3.05, 3.63) is 35.7 Å². The Hall–Kier alpha value is -2.39. The summed E-state index contributed by atoms with van der Waals surface area (Å²) >= 11 is 0. The zero-order valence-electron chi connectivity index (χ0n) is 16.5. The maximum Gasteiger partial charge on any atom is 0.317 e. The summed E-state index contributed by atoms with van der Waals surface area (Å²) in [6, 6.07) is 6.87. The SMILES string of the molecule is COc1ccc(OC)c(S(=O)(=O)N2CCCC(Oc3nc(C)cc(C)n3)C2)c1. The normalized spacial score (nSPS) is 17.9. The van der Waals surface area contributed by atoms with Crippen molar-refractivity contribution in [1.82, 2.24) is 14.3 Å². The van der Waals surface area contributed by atoms with Gasteiger partial charge in [-0.25, -0.2) is 18.4 Å². The Morgan fingerprint density at radius 2 is 1.79 bits per heavy atom. The largest absolute Gasteiger partial charge is 0.497 e. The van der Waals surface area contributed by atoms with Crippen LogP contribution in [0.3, 0.4) is 0 Å². The van der Waals surface area contributed by atoms with E-state index in [0.29, 0.717) is 18.7 Å². The molecule has 0 spiro atoms. The number of aromatic nitrogens is 2. The fraction of sp³-hybridized carbons (Fsp3) is 0.474. The minimum absolute atomic E-state index is 0.0812. The van der Waals surface area contributed by atoms with Gasteiger partial charge in [0.2, 0.25) is 10.0 Å². The Bertz CT molecular complexity index is 928. The highest BCUT2D eigenvalue weighted by molar-refractivity contribution is 7.89. The molecule has 1 fully saturated rings. The van der Waals surface area contributed by atoms with E-state index in [-0.39, 0.29) is 29.3 Å². The molecular weight excluding hydrogens is 382 g/mol. The lowest BCUT2D eigenvalue weighted by molar-refractivity contribution is 0.118. The second kappa shape index (κ2) is 8.32. The molecule has 1 aliphatic heterocycles. The van der Waals surface area contributed by atoms with Crippen LogP contribution in [0.25, 0.3) is 0 Å². The molecule has 0 amide bonds. The van der Waals surface area contributed by atoms with Gasteiger partial charge in [0.1, 0.15) is 22.5 Å². The first-order valence-corrected chi connectivity index (χ1v) is 10.5. The van der Waals surface area contributed by atoms with Gasteiger partial charge in [0.15, 0.2) is 0 Å².